The Morgan fingerprint density at radius 2 is 2.00 bits per heavy atom. The molecule has 0 aromatic heterocycles. The van der Waals surface area contributed by atoms with Crippen LogP contribution < -0.4 is 20.6 Å². The lowest BCUT2D eigenvalue weighted by molar-refractivity contribution is 0.393. The molecule has 94 valence electrons. The molecule has 0 aliphatic rings. The first kappa shape index (κ1) is 13.3. The van der Waals surface area contributed by atoms with Crippen LogP contribution >= 0.6 is 0 Å². The van der Waals surface area contributed by atoms with Gasteiger partial charge < -0.3 is 15.2 Å². The molecular formula is C12H19N3O2. The summed E-state index contributed by atoms with van der Waals surface area (Å²) in [4.78, 5) is 0. The van der Waals surface area contributed by atoms with Crippen LogP contribution in [0.3, 0.4) is 0 Å². The molecule has 1 aromatic carbocycles. The third-order valence-electron chi connectivity index (χ3n) is 2.00. The van der Waals surface area contributed by atoms with Gasteiger partial charge in [-0.15, -0.1) is 0 Å². The lowest BCUT2D eigenvalue weighted by Gasteiger charge is -2.17. The Morgan fingerprint density at radius 3 is 2.53 bits per heavy atom. The van der Waals surface area contributed by atoms with Crippen molar-refractivity contribution in [2.45, 2.75) is 19.5 Å². The van der Waals surface area contributed by atoms with E-state index in [9.17, 15) is 0 Å². The maximum absolute atomic E-state index is 5.74. The molecule has 1 aromatic rings. The van der Waals surface area contributed by atoms with Gasteiger partial charge in [0.1, 0.15) is 11.5 Å². The van der Waals surface area contributed by atoms with Gasteiger partial charge in [-0.05, 0) is 26.0 Å². The molecule has 0 fully saturated rings. The quantitative estimate of drug-likeness (QED) is 0.460. The molecule has 0 unspecified atom stereocenters. The Labute approximate surface area is 102 Å². The summed E-state index contributed by atoms with van der Waals surface area (Å²) >= 11 is 0. The Kier molecular flexibility index (Phi) is 4.34. The van der Waals surface area contributed by atoms with Crippen LogP contribution in [0.2, 0.25) is 0 Å². The molecule has 5 heteroatoms. The molecule has 0 atom stereocenters. The summed E-state index contributed by atoms with van der Waals surface area (Å²) < 4.78 is 10.4. The van der Waals surface area contributed by atoms with Crippen molar-refractivity contribution in [3.8, 4) is 11.5 Å². The first-order chi connectivity index (χ1) is 7.96. The van der Waals surface area contributed by atoms with Crippen LogP contribution in [0.1, 0.15) is 19.4 Å². The number of nitrogens with one attached hydrogen (secondary N) is 1. The van der Waals surface area contributed by atoms with Crippen molar-refractivity contribution in [2.24, 2.45) is 10.8 Å². The van der Waals surface area contributed by atoms with Crippen LogP contribution in [0, 0.1) is 0 Å². The van der Waals surface area contributed by atoms with E-state index in [0.717, 1.165) is 11.3 Å². The van der Waals surface area contributed by atoms with Crippen molar-refractivity contribution in [1.29, 1.82) is 0 Å². The Bertz CT molecular complexity index is 397. The number of hydrogen-bond acceptors (Lipinski definition) is 5. The van der Waals surface area contributed by atoms with E-state index in [0.29, 0.717) is 5.75 Å². The summed E-state index contributed by atoms with van der Waals surface area (Å²) in [5.41, 5.74) is 8.86. The number of hydrazone groups is 1. The van der Waals surface area contributed by atoms with E-state index in [4.69, 9.17) is 15.2 Å². The molecule has 0 spiro atoms. The van der Waals surface area contributed by atoms with Crippen molar-refractivity contribution < 1.29 is 9.47 Å². The van der Waals surface area contributed by atoms with E-state index in [1.54, 1.807) is 26.5 Å². The molecule has 1 rings (SSSR count). The molecule has 0 aliphatic heterocycles. The fourth-order valence-electron chi connectivity index (χ4n) is 1.19. The molecule has 0 radical (unpaired) electrons. The average Bonchev–Trinajstić information content (AvgIpc) is 2.27. The van der Waals surface area contributed by atoms with Gasteiger partial charge in [-0.1, -0.05) is 0 Å². The molecular weight excluding hydrogens is 218 g/mol. The van der Waals surface area contributed by atoms with Gasteiger partial charge in [0.15, 0.2) is 0 Å². The minimum absolute atomic E-state index is 0.545. The smallest absolute Gasteiger partial charge is 0.131 e. The molecule has 0 bridgehead atoms. The SMILES string of the molecule is COc1ccc(/C=N/NC(C)(C)N)c(OC)c1. The van der Waals surface area contributed by atoms with Gasteiger partial charge in [-0.25, -0.2) is 0 Å². The van der Waals surface area contributed by atoms with Crippen LogP contribution in [0.5, 0.6) is 11.5 Å². The van der Waals surface area contributed by atoms with Crippen LogP contribution in [-0.4, -0.2) is 26.1 Å². The third-order valence-corrected chi connectivity index (χ3v) is 2.00. The lowest BCUT2D eigenvalue weighted by Crippen LogP contribution is -2.44. The van der Waals surface area contributed by atoms with Gasteiger partial charge in [0, 0.05) is 11.6 Å². The maximum atomic E-state index is 5.74. The minimum Gasteiger partial charge on any atom is -0.497 e. The summed E-state index contributed by atoms with van der Waals surface area (Å²) in [5, 5.41) is 4.06. The fraction of sp³-hybridized carbons (Fsp3) is 0.417. The number of rotatable bonds is 5. The van der Waals surface area contributed by atoms with E-state index in [1.165, 1.54) is 0 Å². The highest BCUT2D eigenvalue weighted by Crippen LogP contribution is 2.22. The topological polar surface area (TPSA) is 68.9 Å². The third kappa shape index (κ3) is 4.32. The summed E-state index contributed by atoms with van der Waals surface area (Å²) in [6.45, 7) is 3.66. The number of nitrogens with zero attached hydrogens (tertiary/aromatic N) is 1. The zero-order valence-corrected chi connectivity index (χ0v) is 10.7. The van der Waals surface area contributed by atoms with Gasteiger partial charge >= 0.3 is 0 Å². The number of methoxy groups -OCH3 is 2. The van der Waals surface area contributed by atoms with Gasteiger partial charge in [-0.2, -0.15) is 5.10 Å². The summed E-state index contributed by atoms with van der Waals surface area (Å²) in [5.74, 6) is 1.44. The molecule has 17 heavy (non-hydrogen) atoms. The molecule has 0 aliphatic carbocycles. The molecule has 0 amide bonds. The summed E-state index contributed by atoms with van der Waals surface area (Å²) in [6.07, 6.45) is 1.66. The van der Waals surface area contributed by atoms with Crippen molar-refractivity contribution in [1.82, 2.24) is 5.43 Å². The molecule has 0 heterocycles. The van der Waals surface area contributed by atoms with E-state index >= 15 is 0 Å². The van der Waals surface area contributed by atoms with Gasteiger partial charge in [-0.3, -0.25) is 5.43 Å². The second kappa shape index (κ2) is 5.54. The second-order valence-electron chi connectivity index (χ2n) is 4.20. The van der Waals surface area contributed by atoms with Crippen LogP contribution in [-0.2, 0) is 0 Å². The van der Waals surface area contributed by atoms with Crippen molar-refractivity contribution in [3.05, 3.63) is 23.8 Å². The van der Waals surface area contributed by atoms with Crippen molar-refractivity contribution >= 4 is 6.21 Å². The number of hydrogen-bond donors (Lipinski definition) is 2. The van der Waals surface area contributed by atoms with E-state index in [2.05, 4.69) is 10.5 Å². The summed E-state index contributed by atoms with van der Waals surface area (Å²) in [6, 6.07) is 5.51. The number of nitrogens with two attached hydrogens (primary N) is 1. The van der Waals surface area contributed by atoms with Crippen LogP contribution in [0.15, 0.2) is 23.3 Å². The lowest BCUT2D eigenvalue weighted by atomic mass is 10.2. The van der Waals surface area contributed by atoms with E-state index in [-0.39, 0.29) is 0 Å². The second-order valence-corrected chi connectivity index (χ2v) is 4.20. The standard InChI is InChI=1S/C12H19N3O2/c1-12(2,13)15-14-8-9-5-6-10(16-3)7-11(9)17-4/h5-8,15H,13H2,1-4H3/b14-8+. The predicted molar refractivity (Wildman–Crippen MR) is 68.5 cm³/mol. The minimum atomic E-state index is -0.545. The van der Waals surface area contributed by atoms with Gasteiger partial charge in [0.25, 0.3) is 0 Å². The predicted octanol–water partition coefficient (Wildman–Crippen LogP) is 1.32. The zero-order valence-electron chi connectivity index (χ0n) is 10.7. The summed E-state index contributed by atoms with van der Waals surface area (Å²) in [7, 11) is 3.22. The number of benzene rings is 1. The highest BCUT2D eigenvalue weighted by molar-refractivity contribution is 5.83. The van der Waals surface area contributed by atoms with E-state index in [1.807, 2.05) is 26.0 Å². The Morgan fingerprint density at radius 1 is 1.29 bits per heavy atom. The molecule has 5 nitrogen and oxygen atoms in total. The van der Waals surface area contributed by atoms with Crippen molar-refractivity contribution in [2.75, 3.05) is 14.2 Å². The van der Waals surface area contributed by atoms with E-state index < -0.39 is 5.66 Å². The van der Waals surface area contributed by atoms with Gasteiger partial charge in [0.2, 0.25) is 0 Å². The molecule has 0 saturated carbocycles. The highest BCUT2D eigenvalue weighted by atomic mass is 16.5. The normalized spacial score (nSPS) is 11.6. The fourth-order valence-corrected chi connectivity index (χ4v) is 1.19. The largest absolute Gasteiger partial charge is 0.497 e. The molecule has 3 N–H and O–H groups in total. The Hall–Kier alpha value is -1.75. The highest BCUT2D eigenvalue weighted by Gasteiger charge is 2.07. The maximum Gasteiger partial charge on any atom is 0.131 e. The van der Waals surface area contributed by atoms with Crippen LogP contribution in [0.4, 0.5) is 0 Å². The monoisotopic (exact) mass is 237 g/mol. The number of ether oxygens (including phenoxy) is 2. The Balaban J connectivity index is 2.84. The first-order valence-corrected chi connectivity index (χ1v) is 5.27. The van der Waals surface area contributed by atoms with Crippen molar-refractivity contribution in [3.63, 3.8) is 0 Å². The average molecular weight is 237 g/mol. The molecule has 0 saturated heterocycles. The first-order valence-electron chi connectivity index (χ1n) is 5.27. The van der Waals surface area contributed by atoms with Gasteiger partial charge in [0.05, 0.1) is 26.1 Å². The van der Waals surface area contributed by atoms with Crippen LogP contribution in [0.25, 0.3) is 0 Å². The zero-order chi connectivity index (χ0) is 12.9.